The molecular formula is C16H24O5S. The maximum absolute atomic E-state index is 11.9. The molecule has 0 heterocycles. The molecule has 0 aromatic heterocycles. The van der Waals surface area contributed by atoms with E-state index in [4.69, 9.17) is 13.1 Å². The highest BCUT2D eigenvalue weighted by atomic mass is 32.2. The summed E-state index contributed by atoms with van der Waals surface area (Å²) in [7, 11) is 0. The van der Waals surface area contributed by atoms with Crippen molar-refractivity contribution in [2.45, 2.75) is 59.2 Å². The van der Waals surface area contributed by atoms with Gasteiger partial charge in [-0.3, -0.25) is 8.98 Å². The Labute approximate surface area is 134 Å². The van der Waals surface area contributed by atoms with Crippen LogP contribution in [0.15, 0.2) is 24.3 Å². The fraction of sp³-hybridized carbons (Fsp3) is 0.562. The van der Waals surface area contributed by atoms with Crippen LogP contribution in [-0.4, -0.2) is 21.4 Å². The van der Waals surface area contributed by atoms with E-state index in [1.165, 1.54) is 0 Å². The Kier molecular flexibility index (Phi) is 6.14. The number of rotatable bonds is 6. The molecule has 0 radical (unpaired) electrons. The topological polar surface area (TPSA) is 61.8 Å². The lowest BCUT2D eigenvalue weighted by Crippen LogP contribution is -2.33. The lowest BCUT2D eigenvalue weighted by Gasteiger charge is -2.25. The van der Waals surface area contributed by atoms with E-state index in [2.05, 4.69) is 0 Å². The predicted molar refractivity (Wildman–Crippen MR) is 85.6 cm³/mol. The minimum atomic E-state index is -1.99. The van der Waals surface area contributed by atoms with E-state index in [1.807, 2.05) is 19.1 Å². The van der Waals surface area contributed by atoms with Gasteiger partial charge < -0.3 is 8.92 Å². The first-order valence-corrected chi connectivity index (χ1v) is 8.05. The van der Waals surface area contributed by atoms with Crippen molar-refractivity contribution in [1.82, 2.24) is 0 Å². The number of carbonyl (C=O) groups excluding carboxylic acids is 1. The van der Waals surface area contributed by atoms with Gasteiger partial charge in [-0.1, -0.05) is 17.7 Å². The largest absolute Gasteiger partial charge is 0.460 e. The lowest BCUT2D eigenvalue weighted by molar-refractivity contribution is -0.158. The molecule has 5 nitrogen and oxygen atoms in total. The maximum atomic E-state index is 11.9. The highest BCUT2D eigenvalue weighted by molar-refractivity contribution is 7.75. The van der Waals surface area contributed by atoms with Gasteiger partial charge in [-0.25, -0.2) is 0 Å². The van der Waals surface area contributed by atoms with Gasteiger partial charge in [-0.05, 0) is 53.7 Å². The molecule has 0 saturated heterocycles. The molecule has 0 aliphatic heterocycles. The average Bonchev–Trinajstić information content (AvgIpc) is 2.27. The first kappa shape index (κ1) is 18.6. The summed E-state index contributed by atoms with van der Waals surface area (Å²) in [5.74, 6) is 0.0295. The van der Waals surface area contributed by atoms with Crippen LogP contribution in [0.25, 0.3) is 0 Å². The minimum Gasteiger partial charge on any atom is -0.460 e. The molecule has 0 fully saturated rings. The summed E-state index contributed by atoms with van der Waals surface area (Å²) in [5, 5.41) is 0. The second kappa shape index (κ2) is 7.24. The molecular weight excluding hydrogens is 304 g/mol. The highest BCUT2D eigenvalue weighted by Crippen LogP contribution is 2.21. The van der Waals surface area contributed by atoms with Crippen LogP contribution in [0.4, 0.5) is 0 Å². The van der Waals surface area contributed by atoms with Crippen molar-refractivity contribution in [1.29, 1.82) is 0 Å². The first-order chi connectivity index (χ1) is 9.97. The highest BCUT2D eigenvalue weighted by Gasteiger charge is 2.29. The summed E-state index contributed by atoms with van der Waals surface area (Å²) >= 11 is -1.99. The Balaban J connectivity index is 2.54. The van der Waals surface area contributed by atoms with Gasteiger partial charge in [-0.2, -0.15) is 4.21 Å². The SMILES string of the molecule is Cc1ccc(OS(=O)OC(C)(C)CC(=O)OC(C)(C)C)cc1. The van der Waals surface area contributed by atoms with Crippen LogP contribution in [0.2, 0.25) is 0 Å². The van der Waals surface area contributed by atoms with Gasteiger partial charge in [0.15, 0.2) is 0 Å². The molecule has 124 valence electrons. The third kappa shape index (κ3) is 7.56. The van der Waals surface area contributed by atoms with Gasteiger partial charge in [0.2, 0.25) is 0 Å². The zero-order valence-electron chi connectivity index (χ0n) is 14.0. The second-order valence-corrected chi connectivity index (χ2v) is 7.45. The van der Waals surface area contributed by atoms with Crippen molar-refractivity contribution in [2.24, 2.45) is 0 Å². The first-order valence-electron chi connectivity index (χ1n) is 7.05. The van der Waals surface area contributed by atoms with Crippen LogP contribution in [0.3, 0.4) is 0 Å². The quantitative estimate of drug-likeness (QED) is 0.748. The summed E-state index contributed by atoms with van der Waals surface area (Å²) in [6.07, 6.45) is -0.0206. The summed E-state index contributed by atoms with van der Waals surface area (Å²) in [6, 6.07) is 7.10. The molecule has 0 N–H and O–H groups in total. The number of aryl methyl sites for hydroxylation is 1. The van der Waals surface area contributed by atoms with E-state index in [0.29, 0.717) is 5.75 Å². The lowest BCUT2D eigenvalue weighted by atomic mass is 10.1. The summed E-state index contributed by atoms with van der Waals surface area (Å²) in [6.45, 7) is 10.6. The van der Waals surface area contributed by atoms with E-state index in [-0.39, 0.29) is 6.42 Å². The molecule has 1 unspecified atom stereocenters. The minimum absolute atomic E-state index is 0.0206. The number of hydrogen-bond acceptors (Lipinski definition) is 5. The van der Waals surface area contributed by atoms with Crippen molar-refractivity contribution in [3.8, 4) is 5.75 Å². The normalized spacial score (nSPS) is 13.5. The Bertz CT molecular complexity index is 528. The summed E-state index contributed by atoms with van der Waals surface area (Å²) < 4.78 is 27.6. The van der Waals surface area contributed by atoms with Crippen LogP contribution in [0, 0.1) is 6.92 Å². The number of esters is 1. The smallest absolute Gasteiger partial charge is 0.360 e. The Hall–Kier alpha value is -1.40. The molecule has 0 aliphatic rings. The zero-order chi connectivity index (χ0) is 17.0. The van der Waals surface area contributed by atoms with Crippen molar-refractivity contribution < 1.29 is 22.1 Å². The van der Waals surface area contributed by atoms with Crippen molar-refractivity contribution in [2.75, 3.05) is 0 Å². The average molecular weight is 328 g/mol. The second-order valence-electron chi connectivity index (χ2n) is 6.71. The maximum Gasteiger partial charge on any atom is 0.360 e. The summed E-state index contributed by atoms with van der Waals surface area (Å²) in [4.78, 5) is 11.8. The van der Waals surface area contributed by atoms with Crippen molar-refractivity contribution in [3.63, 3.8) is 0 Å². The molecule has 1 rings (SSSR count). The number of ether oxygens (including phenoxy) is 1. The van der Waals surface area contributed by atoms with Crippen LogP contribution in [0.1, 0.15) is 46.6 Å². The molecule has 0 bridgehead atoms. The third-order valence-electron chi connectivity index (χ3n) is 2.47. The standard InChI is InChI=1S/C16H24O5S/c1-12-7-9-13(10-8-12)20-22(18)21-16(5,6)11-14(17)19-15(2,3)4/h7-10H,11H2,1-6H3. The van der Waals surface area contributed by atoms with Crippen molar-refractivity contribution in [3.05, 3.63) is 29.8 Å². The number of carbonyl (C=O) groups is 1. The number of benzene rings is 1. The predicted octanol–water partition coefficient (Wildman–Crippen LogP) is 3.48. The van der Waals surface area contributed by atoms with E-state index in [0.717, 1.165) is 5.56 Å². The van der Waals surface area contributed by atoms with Crippen LogP contribution in [0.5, 0.6) is 5.75 Å². The molecule has 1 aromatic carbocycles. The molecule has 22 heavy (non-hydrogen) atoms. The van der Waals surface area contributed by atoms with E-state index >= 15 is 0 Å². The fourth-order valence-corrected chi connectivity index (χ4v) is 2.36. The van der Waals surface area contributed by atoms with Gasteiger partial charge in [0, 0.05) is 0 Å². The molecule has 0 spiro atoms. The zero-order valence-corrected chi connectivity index (χ0v) is 14.8. The monoisotopic (exact) mass is 328 g/mol. The van der Waals surface area contributed by atoms with Gasteiger partial charge in [-0.15, -0.1) is 0 Å². The molecule has 0 aliphatic carbocycles. The Morgan fingerprint density at radius 2 is 1.64 bits per heavy atom. The molecule has 0 amide bonds. The summed E-state index contributed by atoms with van der Waals surface area (Å²) in [5.41, 5.74) is -0.452. The van der Waals surface area contributed by atoms with Crippen LogP contribution >= 0.6 is 0 Å². The van der Waals surface area contributed by atoms with E-state index < -0.39 is 28.5 Å². The Morgan fingerprint density at radius 1 is 1.09 bits per heavy atom. The van der Waals surface area contributed by atoms with Crippen LogP contribution in [-0.2, 0) is 25.1 Å². The number of hydrogen-bond donors (Lipinski definition) is 0. The molecule has 1 aromatic rings. The van der Waals surface area contributed by atoms with Crippen molar-refractivity contribution >= 4 is 17.3 Å². The van der Waals surface area contributed by atoms with Crippen LogP contribution < -0.4 is 4.18 Å². The Morgan fingerprint density at radius 3 is 2.14 bits per heavy atom. The molecule has 6 heteroatoms. The van der Waals surface area contributed by atoms with Gasteiger partial charge in [0.05, 0.1) is 12.0 Å². The third-order valence-corrected chi connectivity index (χ3v) is 3.38. The molecule has 1 atom stereocenters. The molecule has 0 saturated carbocycles. The van der Waals surface area contributed by atoms with Gasteiger partial charge in [0.1, 0.15) is 11.4 Å². The van der Waals surface area contributed by atoms with Gasteiger partial charge in [0.25, 0.3) is 0 Å². The van der Waals surface area contributed by atoms with Gasteiger partial charge >= 0.3 is 17.3 Å². The van der Waals surface area contributed by atoms with E-state index in [1.54, 1.807) is 46.8 Å². The fourth-order valence-electron chi connectivity index (χ4n) is 1.63. The van der Waals surface area contributed by atoms with E-state index in [9.17, 15) is 9.00 Å².